The van der Waals surface area contributed by atoms with Crippen LogP contribution < -0.4 is 15.4 Å². The van der Waals surface area contributed by atoms with E-state index in [1.807, 2.05) is 28.9 Å². The van der Waals surface area contributed by atoms with Gasteiger partial charge in [-0.1, -0.05) is 6.92 Å². The number of hydrogen-bond donors (Lipinski definition) is 2. The molecule has 1 saturated heterocycles. The molecule has 0 unspecified atom stereocenters. The van der Waals surface area contributed by atoms with E-state index >= 15 is 0 Å². The summed E-state index contributed by atoms with van der Waals surface area (Å²) in [6, 6.07) is 8.90. The second kappa shape index (κ2) is 6.78. The molecule has 0 aliphatic carbocycles. The number of nitrogens with zero attached hydrogens (tertiary/aromatic N) is 2. The van der Waals surface area contributed by atoms with Gasteiger partial charge >= 0.3 is 0 Å². The van der Waals surface area contributed by atoms with E-state index in [9.17, 15) is 4.39 Å². The van der Waals surface area contributed by atoms with E-state index in [-0.39, 0.29) is 17.3 Å². The average Bonchev–Trinajstić information content (AvgIpc) is 3.00. The zero-order valence-electron chi connectivity index (χ0n) is 16.0. The molecule has 2 aliphatic rings. The Morgan fingerprint density at radius 2 is 2.00 bits per heavy atom. The Morgan fingerprint density at radius 3 is 2.93 bits per heavy atom. The molecule has 2 aliphatic heterocycles. The number of anilines is 1. The molecule has 5 rings (SSSR count). The van der Waals surface area contributed by atoms with Crippen LogP contribution in [-0.2, 0) is 0 Å². The summed E-state index contributed by atoms with van der Waals surface area (Å²) in [5.74, 6) is 1.26. The molecule has 4 heterocycles. The molecule has 2 aromatic heterocycles. The summed E-state index contributed by atoms with van der Waals surface area (Å²) in [7, 11) is 0. The Morgan fingerprint density at radius 1 is 1.14 bits per heavy atom. The molecule has 0 radical (unpaired) electrons. The number of aromatic nitrogens is 2. The van der Waals surface area contributed by atoms with Gasteiger partial charge in [0.05, 0.1) is 0 Å². The predicted molar refractivity (Wildman–Crippen MR) is 108 cm³/mol. The van der Waals surface area contributed by atoms with E-state index in [0.717, 1.165) is 55.9 Å². The van der Waals surface area contributed by atoms with E-state index < -0.39 is 0 Å². The summed E-state index contributed by atoms with van der Waals surface area (Å²) in [4.78, 5) is 4.75. The number of halogens is 1. The van der Waals surface area contributed by atoms with Gasteiger partial charge < -0.3 is 19.8 Å². The van der Waals surface area contributed by atoms with Gasteiger partial charge in [-0.25, -0.2) is 9.37 Å². The quantitative estimate of drug-likeness (QED) is 0.617. The summed E-state index contributed by atoms with van der Waals surface area (Å²) in [5, 5.41) is 6.96. The Bertz CT molecular complexity index is 1020. The minimum Gasteiger partial charge on any atom is -0.489 e. The van der Waals surface area contributed by atoms with Crippen LogP contribution in [0.5, 0.6) is 5.75 Å². The van der Waals surface area contributed by atoms with Crippen LogP contribution in [0.1, 0.15) is 26.2 Å². The monoisotopic (exact) mass is 380 g/mol. The summed E-state index contributed by atoms with van der Waals surface area (Å²) in [6.45, 7) is 4.98. The largest absolute Gasteiger partial charge is 0.489 e. The van der Waals surface area contributed by atoms with E-state index in [1.165, 1.54) is 6.07 Å². The standard InChI is InChI=1S/C22H25FN4O/c1-22-6-8-24-14-16(13-22)28-15-2-3-19(23)18(12-15)17-4-10-27-11-5-20(25-9-7-22)26-21(17)27/h2-5,10-12,16,24H,6-9,13-14H2,1H3,(H,25,26)/t16-,22+/m0/s1. The molecule has 2 atom stereocenters. The van der Waals surface area contributed by atoms with Crippen LogP contribution in [0, 0.1) is 11.2 Å². The molecule has 146 valence electrons. The zero-order chi connectivity index (χ0) is 19.1. The van der Waals surface area contributed by atoms with Crippen LogP contribution >= 0.6 is 0 Å². The highest BCUT2D eigenvalue weighted by molar-refractivity contribution is 5.80. The lowest BCUT2D eigenvalue weighted by atomic mass is 9.79. The van der Waals surface area contributed by atoms with Gasteiger partial charge in [-0.3, -0.25) is 0 Å². The van der Waals surface area contributed by atoms with Crippen molar-refractivity contribution in [3.05, 3.63) is 48.5 Å². The van der Waals surface area contributed by atoms with Crippen molar-refractivity contribution in [1.29, 1.82) is 0 Å². The lowest BCUT2D eigenvalue weighted by Gasteiger charge is -2.31. The van der Waals surface area contributed by atoms with Crippen molar-refractivity contribution in [1.82, 2.24) is 14.7 Å². The summed E-state index contributed by atoms with van der Waals surface area (Å²) in [6.07, 6.45) is 7.07. The highest BCUT2D eigenvalue weighted by Crippen LogP contribution is 2.36. The molecule has 1 aromatic carbocycles. The molecule has 0 spiro atoms. The first-order valence-electron chi connectivity index (χ1n) is 9.99. The predicted octanol–water partition coefficient (Wildman–Crippen LogP) is 4.09. The van der Waals surface area contributed by atoms with E-state index in [1.54, 1.807) is 12.1 Å². The fourth-order valence-electron chi connectivity index (χ4n) is 4.44. The van der Waals surface area contributed by atoms with Crippen LogP contribution in [-0.4, -0.2) is 35.1 Å². The maximum absolute atomic E-state index is 14.7. The Hall–Kier alpha value is -2.60. The number of nitrogens with one attached hydrogen (secondary N) is 2. The lowest BCUT2D eigenvalue weighted by molar-refractivity contribution is 0.135. The minimum absolute atomic E-state index is 0.0683. The highest BCUT2D eigenvalue weighted by atomic mass is 19.1. The van der Waals surface area contributed by atoms with E-state index in [0.29, 0.717) is 11.3 Å². The van der Waals surface area contributed by atoms with Gasteiger partial charge in [0.25, 0.3) is 0 Å². The first kappa shape index (κ1) is 17.5. The Balaban J connectivity index is 1.64. The summed E-state index contributed by atoms with van der Waals surface area (Å²) < 4.78 is 22.9. The number of hydrogen-bond acceptors (Lipinski definition) is 4. The van der Waals surface area contributed by atoms with Crippen molar-refractivity contribution >= 4 is 11.5 Å². The Kier molecular flexibility index (Phi) is 4.23. The minimum atomic E-state index is -0.267. The second-order valence-corrected chi connectivity index (χ2v) is 8.30. The van der Waals surface area contributed by atoms with Crippen LogP contribution in [0.15, 0.2) is 42.7 Å². The first-order chi connectivity index (χ1) is 13.6. The maximum atomic E-state index is 14.7. The maximum Gasteiger partial charge on any atom is 0.147 e. The van der Waals surface area contributed by atoms with Crippen LogP contribution in [0.25, 0.3) is 16.8 Å². The smallest absolute Gasteiger partial charge is 0.147 e. The van der Waals surface area contributed by atoms with Gasteiger partial charge in [-0.2, -0.15) is 0 Å². The second-order valence-electron chi connectivity index (χ2n) is 8.30. The van der Waals surface area contributed by atoms with Gasteiger partial charge in [0.2, 0.25) is 0 Å². The van der Waals surface area contributed by atoms with Crippen LogP contribution in [0.4, 0.5) is 10.2 Å². The van der Waals surface area contributed by atoms with Crippen molar-refractivity contribution < 1.29 is 9.13 Å². The number of fused-ring (bicyclic) bond motifs is 6. The average molecular weight is 380 g/mol. The molecule has 3 aromatic rings. The molecule has 5 nitrogen and oxygen atoms in total. The zero-order valence-corrected chi connectivity index (χ0v) is 16.0. The number of ether oxygens (including phenoxy) is 1. The van der Waals surface area contributed by atoms with Crippen molar-refractivity contribution in [3.8, 4) is 16.9 Å². The lowest BCUT2D eigenvalue weighted by Crippen LogP contribution is -2.31. The fourth-order valence-corrected chi connectivity index (χ4v) is 4.44. The van der Waals surface area contributed by atoms with Gasteiger partial charge in [0.15, 0.2) is 0 Å². The summed E-state index contributed by atoms with van der Waals surface area (Å²) in [5.41, 5.74) is 2.21. The van der Waals surface area contributed by atoms with E-state index in [4.69, 9.17) is 9.72 Å². The molecule has 28 heavy (non-hydrogen) atoms. The number of rotatable bonds is 0. The highest BCUT2D eigenvalue weighted by Gasteiger charge is 2.31. The van der Waals surface area contributed by atoms with Gasteiger partial charge in [-0.15, -0.1) is 0 Å². The third kappa shape index (κ3) is 3.22. The third-order valence-corrected chi connectivity index (χ3v) is 6.07. The van der Waals surface area contributed by atoms with Crippen LogP contribution in [0.2, 0.25) is 0 Å². The number of benzene rings is 1. The van der Waals surface area contributed by atoms with E-state index in [2.05, 4.69) is 17.6 Å². The first-order valence-corrected chi connectivity index (χ1v) is 9.99. The molecule has 0 saturated carbocycles. The molecule has 2 N–H and O–H groups in total. The molecule has 1 fully saturated rings. The molecular weight excluding hydrogens is 355 g/mol. The third-order valence-electron chi connectivity index (χ3n) is 6.07. The van der Waals surface area contributed by atoms with Gasteiger partial charge in [0.1, 0.15) is 29.1 Å². The van der Waals surface area contributed by atoms with Gasteiger partial charge in [0, 0.05) is 36.6 Å². The normalized spacial score (nSPS) is 24.9. The Labute approximate surface area is 163 Å². The van der Waals surface area contributed by atoms with Crippen molar-refractivity contribution in [2.24, 2.45) is 5.41 Å². The van der Waals surface area contributed by atoms with Crippen molar-refractivity contribution in [3.63, 3.8) is 0 Å². The van der Waals surface area contributed by atoms with Gasteiger partial charge in [-0.05, 0) is 61.6 Å². The van der Waals surface area contributed by atoms with Crippen molar-refractivity contribution in [2.45, 2.75) is 32.3 Å². The fraction of sp³-hybridized carbons (Fsp3) is 0.409. The molecule has 6 heteroatoms. The van der Waals surface area contributed by atoms with Crippen LogP contribution in [0.3, 0.4) is 0 Å². The molecular formula is C22H25FN4O. The topological polar surface area (TPSA) is 50.6 Å². The van der Waals surface area contributed by atoms with Crippen molar-refractivity contribution in [2.75, 3.05) is 25.0 Å². The summed E-state index contributed by atoms with van der Waals surface area (Å²) >= 11 is 0. The molecule has 0 amide bonds. The molecule has 6 bridgehead atoms. The SMILES string of the molecule is C[C@]12CCNC[C@H](C1)Oc1ccc(F)c(c1)-c1ccn3ccc(nc13)NCC2.